The van der Waals surface area contributed by atoms with Gasteiger partial charge in [0.1, 0.15) is 0 Å². The average Bonchev–Trinajstić information content (AvgIpc) is 2.59. The third-order valence-electron chi connectivity index (χ3n) is 2.42. The summed E-state index contributed by atoms with van der Waals surface area (Å²) < 4.78 is 0. The van der Waals surface area contributed by atoms with Gasteiger partial charge in [-0.1, -0.05) is 26.2 Å². The molecule has 0 spiro atoms. The third kappa shape index (κ3) is 3.26. The molecule has 0 aliphatic carbocycles. The zero-order valence-electron chi connectivity index (χ0n) is 9.01. The van der Waals surface area contributed by atoms with Crippen LogP contribution in [-0.4, -0.2) is 5.78 Å². The quantitative estimate of drug-likeness (QED) is 0.508. The molecule has 2 heteroatoms. The van der Waals surface area contributed by atoms with Gasteiger partial charge < -0.3 is 0 Å². The van der Waals surface area contributed by atoms with E-state index in [2.05, 4.69) is 6.92 Å². The average molecular weight is 210 g/mol. The Morgan fingerprint density at radius 3 is 2.71 bits per heavy atom. The molecular weight excluding hydrogens is 192 g/mol. The monoisotopic (exact) mass is 210 g/mol. The summed E-state index contributed by atoms with van der Waals surface area (Å²) in [4.78, 5) is 12.9. The molecule has 1 nitrogen and oxygen atoms in total. The first-order chi connectivity index (χ1) is 6.75. The van der Waals surface area contributed by atoms with Gasteiger partial charge in [-0.05, 0) is 24.8 Å². The standard InChI is InChI=1S/C12H18OS/c1-3-4-5-6-7-12(13)11-8-9-14-10(11)2/h8-9H,3-7H2,1-2H3. The SMILES string of the molecule is CCCCCCC(=O)c1ccsc1C. The number of rotatable bonds is 6. The molecule has 1 aromatic rings. The van der Waals surface area contributed by atoms with Crippen molar-refractivity contribution in [3.05, 3.63) is 21.9 Å². The predicted molar refractivity (Wildman–Crippen MR) is 62.1 cm³/mol. The lowest BCUT2D eigenvalue weighted by molar-refractivity contribution is 0.0979. The van der Waals surface area contributed by atoms with Gasteiger partial charge in [0.2, 0.25) is 0 Å². The number of aryl methyl sites for hydroxylation is 1. The lowest BCUT2D eigenvalue weighted by Crippen LogP contribution is -1.98. The van der Waals surface area contributed by atoms with E-state index in [1.54, 1.807) is 11.3 Å². The zero-order valence-corrected chi connectivity index (χ0v) is 9.82. The molecule has 1 aromatic heterocycles. The fourth-order valence-electron chi connectivity index (χ4n) is 1.52. The Kier molecular flexibility index (Phi) is 4.88. The van der Waals surface area contributed by atoms with Crippen molar-refractivity contribution in [2.75, 3.05) is 0 Å². The molecule has 1 heterocycles. The Morgan fingerprint density at radius 2 is 2.14 bits per heavy atom. The second kappa shape index (κ2) is 5.97. The molecular formula is C12H18OS. The maximum Gasteiger partial charge on any atom is 0.163 e. The normalized spacial score (nSPS) is 10.4. The highest BCUT2D eigenvalue weighted by atomic mass is 32.1. The summed E-state index contributed by atoms with van der Waals surface area (Å²) in [6.45, 7) is 4.20. The highest BCUT2D eigenvalue weighted by Gasteiger charge is 2.08. The minimum absolute atomic E-state index is 0.319. The molecule has 0 saturated carbocycles. The largest absolute Gasteiger partial charge is 0.294 e. The molecule has 1 rings (SSSR count). The predicted octanol–water partition coefficient (Wildman–Crippen LogP) is 4.21. The van der Waals surface area contributed by atoms with E-state index in [1.165, 1.54) is 19.3 Å². The molecule has 0 radical (unpaired) electrons. The van der Waals surface area contributed by atoms with Crippen LogP contribution < -0.4 is 0 Å². The zero-order chi connectivity index (χ0) is 10.4. The second-order valence-electron chi connectivity index (χ2n) is 3.62. The van der Waals surface area contributed by atoms with Gasteiger partial charge in [0.15, 0.2) is 5.78 Å². The second-order valence-corrected chi connectivity index (χ2v) is 4.74. The van der Waals surface area contributed by atoms with E-state index in [4.69, 9.17) is 0 Å². The van der Waals surface area contributed by atoms with Gasteiger partial charge in [0, 0.05) is 16.9 Å². The Bertz CT molecular complexity index is 288. The Balaban J connectivity index is 2.32. The Morgan fingerprint density at radius 1 is 1.36 bits per heavy atom. The number of ketones is 1. The fraction of sp³-hybridized carbons (Fsp3) is 0.583. The molecule has 0 saturated heterocycles. The first kappa shape index (κ1) is 11.4. The van der Waals surface area contributed by atoms with E-state index in [0.29, 0.717) is 5.78 Å². The van der Waals surface area contributed by atoms with Crippen molar-refractivity contribution in [2.24, 2.45) is 0 Å². The highest BCUT2D eigenvalue weighted by Crippen LogP contribution is 2.18. The smallest absolute Gasteiger partial charge is 0.163 e. The summed E-state index contributed by atoms with van der Waals surface area (Å²) in [5.41, 5.74) is 0.937. The number of carbonyl (C=O) groups excluding carboxylic acids is 1. The van der Waals surface area contributed by atoms with Crippen LogP contribution in [0.2, 0.25) is 0 Å². The summed E-state index contributed by atoms with van der Waals surface area (Å²) in [5, 5.41) is 1.99. The summed E-state index contributed by atoms with van der Waals surface area (Å²) in [6.07, 6.45) is 5.42. The van der Waals surface area contributed by atoms with Crippen LogP contribution in [0.5, 0.6) is 0 Å². The van der Waals surface area contributed by atoms with E-state index < -0.39 is 0 Å². The van der Waals surface area contributed by atoms with Crippen LogP contribution in [0.1, 0.15) is 54.3 Å². The van der Waals surface area contributed by atoms with Crippen molar-refractivity contribution in [1.82, 2.24) is 0 Å². The first-order valence-corrected chi connectivity index (χ1v) is 6.21. The molecule has 0 bridgehead atoms. The van der Waals surface area contributed by atoms with Crippen molar-refractivity contribution in [3.8, 4) is 0 Å². The molecule has 0 unspecified atom stereocenters. The van der Waals surface area contributed by atoms with Crippen LogP contribution >= 0.6 is 11.3 Å². The van der Waals surface area contributed by atoms with Gasteiger partial charge in [0.25, 0.3) is 0 Å². The van der Waals surface area contributed by atoms with E-state index >= 15 is 0 Å². The molecule has 0 aliphatic heterocycles. The lowest BCUT2D eigenvalue weighted by Gasteiger charge is -1.99. The third-order valence-corrected chi connectivity index (χ3v) is 3.26. The first-order valence-electron chi connectivity index (χ1n) is 5.33. The summed E-state index contributed by atoms with van der Waals surface area (Å²) in [5.74, 6) is 0.319. The van der Waals surface area contributed by atoms with Gasteiger partial charge in [-0.25, -0.2) is 0 Å². The van der Waals surface area contributed by atoms with Crippen molar-refractivity contribution >= 4 is 17.1 Å². The minimum atomic E-state index is 0.319. The van der Waals surface area contributed by atoms with Crippen molar-refractivity contribution in [1.29, 1.82) is 0 Å². The maximum atomic E-state index is 11.7. The van der Waals surface area contributed by atoms with Crippen molar-refractivity contribution in [2.45, 2.75) is 46.0 Å². The van der Waals surface area contributed by atoms with Gasteiger partial charge in [-0.3, -0.25) is 4.79 Å². The van der Waals surface area contributed by atoms with Crippen LogP contribution in [0.25, 0.3) is 0 Å². The maximum absolute atomic E-state index is 11.7. The molecule has 0 atom stereocenters. The van der Waals surface area contributed by atoms with E-state index in [1.807, 2.05) is 18.4 Å². The van der Waals surface area contributed by atoms with Crippen LogP contribution in [0.15, 0.2) is 11.4 Å². The van der Waals surface area contributed by atoms with Gasteiger partial charge in [-0.2, -0.15) is 0 Å². The number of carbonyl (C=O) groups is 1. The molecule has 78 valence electrons. The minimum Gasteiger partial charge on any atom is -0.294 e. The van der Waals surface area contributed by atoms with Crippen LogP contribution in [0.3, 0.4) is 0 Å². The summed E-state index contributed by atoms with van der Waals surface area (Å²) in [7, 11) is 0. The van der Waals surface area contributed by atoms with Crippen LogP contribution in [0.4, 0.5) is 0 Å². The number of thiophene rings is 1. The lowest BCUT2D eigenvalue weighted by atomic mass is 10.1. The van der Waals surface area contributed by atoms with Gasteiger partial charge >= 0.3 is 0 Å². The molecule has 0 aromatic carbocycles. The van der Waals surface area contributed by atoms with Gasteiger partial charge in [0.05, 0.1) is 0 Å². The molecule has 0 fully saturated rings. The molecule has 0 amide bonds. The number of unbranched alkanes of at least 4 members (excludes halogenated alkanes) is 3. The summed E-state index contributed by atoms with van der Waals surface area (Å²) >= 11 is 1.66. The number of hydrogen-bond donors (Lipinski definition) is 0. The van der Waals surface area contributed by atoms with Crippen molar-refractivity contribution in [3.63, 3.8) is 0 Å². The summed E-state index contributed by atoms with van der Waals surface area (Å²) in [6, 6.07) is 1.95. The molecule has 14 heavy (non-hydrogen) atoms. The highest BCUT2D eigenvalue weighted by molar-refractivity contribution is 7.10. The molecule has 0 aliphatic rings. The van der Waals surface area contributed by atoms with E-state index in [-0.39, 0.29) is 0 Å². The number of Topliss-reactive ketones (excluding diaryl/α,β-unsaturated/α-hetero) is 1. The van der Waals surface area contributed by atoms with Crippen LogP contribution in [0, 0.1) is 6.92 Å². The Hall–Kier alpha value is -0.630. The fourth-order valence-corrected chi connectivity index (χ4v) is 2.24. The van der Waals surface area contributed by atoms with E-state index in [9.17, 15) is 4.79 Å². The van der Waals surface area contributed by atoms with Gasteiger partial charge in [-0.15, -0.1) is 11.3 Å². The van der Waals surface area contributed by atoms with Crippen LogP contribution in [-0.2, 0) is 0 Å². The Labute approximate surface area is 90.2 Å². The number of hydrogen-bond acceptors (Lipinski definition) is 2. The van der Waals surface area contributed by atoms with Crippen molar-refractivity contribution < 1.29 is 4.79 Å². The van der Waals surface area contributed by atoms with E-state index in [0.717, 1.165) is 23.3 Å². The molecule has 0 N–H and O–H groups in total. The topological polar surface area (TPSA) is 17.1 Å².